The number of carbonyl (C=O) groups is 2. The van der Waals surface area contributed by atoms with Crippen molar-refractivity contribution in [1.82, 2.24) is 0 Å². The lowest BCUT2D eigenvalue weighted by Gasteiger charge is -2.18. The smallest absolute Gasteiger partial charge is 0.251 e. The topological polar surface area (TPSA) is 72.2 Å². The number of hydrogen-bond acceptors (Lipinski definition) is 3. The molecule has 1 aliphatic carbocycles. The van der Waals surface area contributed by atoms with Gasteiger partial charge in [-0.05, 0) is 68.2 Å². The summed E-state index contributed by atoms with van der Waals surface area (Å²) in [5, 5.41) is 3.58. The van der Waals surface area contributed by atoms with Crippen LogP contribution < -0.4 is 11.1 Å². The van der Waals surface area contributed by atoms with Crippen molar-refractivity contribution in [2.45, 2.75) is 53.4 Å². The average molecular weight is 371 g/mol. The van der Waals surface area contributed by atoms with Gasteiger partial charge in [0.05, 0.1) is 12.0 Å². The molecule has 1 unspecified atom stereocenters. The lowest BCUT2D eigenvalue weighted by Crippen LogP contribution is -2.20. The molecule has 5 heteroatoms. The number of hydrogen-bond donors (Lipinski definition) is 2. The van der Waals surface area contributed by atoms with Crippen LogP contribution in [0.3, 0.4) is 0 Å². The predicted octanol–water partition coefficient (Wildman–Crippen LogP) is 4.08. The molecule has 1 heterocycles. The molecule has 1 atom stereocenters. The van der Waals surface area contributed by atoms with Crippen molar-refractivity contribution in [2.24, 2.45) is 11.7 Å². The zero-order valence-corrected chi connectivity index (χ0v) is 16.7. The number of carbonyl (C=O) groups excluding carboxylic acids is 2. The first-order valence-corrected chi connectivity index (χ1v) is 9.88. The molecule has 138 valence electrons. The zero-order chi connectivity index (χ0) is 19.0. The Labute approximate surface area is 158 Å². The van der Waals surface area contributed by atoms with Crippen molar-refractivity contribution in [2.75, 3.05) is 5.32 Å². The van der Waals surface area contributed by atoms with Gasteiger partial charge in [0.15, 0.2) is 0 Å². The van der Waals surface area contributed by atoms with Crippen molar-refractivity contribution in [3.05, 3.63) is 50.4 Å². The molecule has 0 radical (unpaired) electrons. The number of rotatable bonds is 4. The Morgan fingerprint density at radius 1 is 1.23 bits per heavy atom. The third-order valence-electron chi connectivity index (χ3n) is 5.19. The van der Waals surface area contributed by atoms with E-state index in [0.717, 1.165) is 41.5 Å². The number of benzene rings is 1. The normalized spacial score (nSPS) is 16.2. The number of nitrogens with one attached hydrogen (secondary N) is 1. The standard InChI is InChI=1S/C21H26N2O2S/c1-11-5-6-15-17(9-11)26-21(19(15)20(22)25)23-18(24)10-16-13(3)7-12(2)8-14(16)4/h7-8,11H,5-6,9-10H2,1-4H3,(H2,22,25)(H,23,24). The SMILES string of the molecule is Cc1cc(C)c(CC(=O)Nc2sc3c(c2C(N)=O)CCC(C)C3)c(C)c1. The van der Waals surface area contributed by atoms with Crippen LogP contribution in [0.5, 0.6) is 0 Å². The summed E-state index contributed by atoms with van der Waals surface area (Å²) in [5.41, 5.74) is 11.7. The average Bonchev–Trinajstić information content (AvgIpc) is 2.87. The van der Waals surface area contributed by atoms with Crippen LogP contribution in [0.15, 0.2) is 12.1 Å². The van der Waals surface area contributed by atoms with Crippen LogP contribution in [-0.2, 0) is 24.1 Å². The second-order valence-corrected chi connectivity index (χ2v) is 8.63. The summed E-state index contributed by atoms with van der Waals surface area (Å²) >= 11 is 1.51. The maximum absolute atomic E-state index is 12.7. The van der Waals surface area contributed by atoms with E-state index in [9.17, 15) is 9.59 Å². The molecule has 0 aliphatic heterocycles. The summed E-state index contributed by atoms with van der Waals surface area (Å²) in [5.74, 6) is 0.0486. The van der Waals surface area contributed by atoms with Gasteiger partial charge in [0.2, 0.25) is 5.91 Å². The van der Waals surface area contributed by atoms with Gasteiger partial charge >= 0.3 is 0 Å². The first-order valence-electron chi connectivity index (χ1n) is 9.07. The van der Waals surface area contributed by atoms with Gasteiger partial charge in [0.25, 0.3) is 5.91 Å². The van der Waals surface area contributed by atoms with Gasteiger partial charge in [-0.25, -0.2) is 0 Å². The maximum atomic E-state index is 12.7. The van der Waals surface area contributed by atoms with E-state index in [2.05, 4.69) is 31.3 Å². The number of thiophene rings is 1. The molecule has 1 aromatic heterocycles. The Bertz CT molecular complexity index is 859. The van der Waals surface area contributed by atoms with Crippen LogP contribution in [0.25, 0.3) is 0 Å². The molecule has 2 amide bonds. The van der Waals surface area contributed by atoms with Crippen LogP contribution in [0.1, 0.15) is 56.4 Å². The van der Waals surface area contributed by atoms with E-state index in [4.69, 9.17) is 5.73 Å². The second-order valence-electron chi connectivity index (χ2n) is 7.52. The molecule has 0 saturated carbocycles. The van der Waals surface area contributed by atoms with Gasteiger partial charge in [0.1, 0.15) is 5.00 Å². The molecule has 4 nitrogen and oxygen atoms in total. The molecule has 1 aliphatic rings. The Hall–Kier alpha value is -2.14. The van der Waals surface area contributed by atoms with Crippen LogP contribution in [0.2, 0.25) is 0 Å². The lowest BCUT2D eigenvalue weighted by atomic mass is 9.88. The summed E-state index contributed by atoms with van der Waals surface area (Å²) < 4.78 is 0. The van der Waals surface area contributed by atoms with Gasteiger partial charge in [-0.3, -0.25) is 9.59 Å². The van der Waals surface area contributed by atoms with E-state index in [1.807, 2.05) is 13.8 Å². The predicted molar refractivity (Wildman–Crippen MR) is 107 cm³/mol. The molecule has 3 rings (SSSR count). The van der Waals surface area contributed by atoms with E-state index < -0.39 is 5.91 Å². The lowest BCUT2D eigenvalue weighted by molar-refractivity contribution is -0.115. The first kappa shape index (κ1) is 18.6. The molecule has 3 N–H and O–H groups in total. The van der Waals surface area contributed by atoms with Gasteiger partial charge in [-0.1, -0.05) is 24.6 Å². The van der Waals surface area contributed by atoms with Crippen molar-refractivity contribution in [1.29, 1.82) is 0 Å². The first-order chi connectivity index (χ1) is 12.3. The molecule has 0 spiro atoms. The molecule has 0 saturated heterocycles. The minimum atomic E-state index is -0.449. The highest BCUT2D eigenvalue weighted by Gasteiger charge is 2.27. The largest absolute Gasteiger partial charge is 0.365 e. The highest BCUT2D eigenvalue weighted by molar-refractivity contribution is 7.17. The van der Waals surface area contributed by atoms with E-state index in [1.165, 1.54) is 21.8 Å². The Morgan fingerprint density at radius 3 is 2.50 bits per heavy atom. The molecule has 2 aromatic rings. The zero-order valence-electron chi connectivity index (χ0n) is 15.9. The number of nitrogens with two attached hydrogens (primary N) is 1. The number of amides is 2. The molecule has 1 aromatic carbocycles. The summed E-state index contributed by atoms with van der Waals surface area (Å²) in [6.45, 7) is 8.33. The summed E-state index contributed by atoms with van der Waals surface area (Å²) in [7, 11) is 0. The van der Waals surface area contributed by atoms with Gasteiger partial charge in [-0.2, -0.15) is 0 Å². The van der Waals surface area contributed by atoms with Crippen molar-refractivity contribution in [3.63, 3.8) is 0 Å². The monoisotopic (exact) mass is 370 g/mol. The minimum absolute atomic E-state index is 0.103. The van der Waals surface area contributed by atoms with E-state index in [0.29, 0.717) is 22.9 Å². The molecular formula is C21H26N2O2S. The molecule has 0 fully saturated rings. The fraction of sp³-hybridized carbons (Fsp3) is 0.429. The number of anilines is 1. The summed E-state index contributed by atoms with van der Waals surface area (Å²) in [4.78, 5) is 25.9. The molecule has 0 bridgehead atoms. The van der Waals surface area contributed by atoms with Crippen molar-refractivity contribution < 1.29 is 9.59 Å². The van der Waals surface area contributed by atoms with E-state index in [1.54, 1.807) is 0 Å². The quantitative estimate of drug-likeness (QED) is 0.851. The summed E-state index contributed by atoms with van der Waals surface area (Å²) in [6.07, 6.45) is 3.16. The third kappa shape index (κ3) is 3.68. The van der Waals surface area contributed by atoms with Crippen LogP contribution >= 0.6 is 11.3 Å². The summed E-state index contributed by atoms with van der Waals surface area (Å²) in [6, 6.07) is 4.19. The van der Waals surface area contributed by atoms with Crippen molar-refractivity contribution >= 4 is 28.2 Å². The number of aryl methyl sites for hydroxylation is 3. The Balaban J connectivity index is 1.85. The molecule has 26 heavy (non-hydrogen) atoms. The van der Waals surface area contributed by atoms with Gasteiger partial charge in [0, 0.05) is 4.88 Å². The highest BCUT2D eigenvalue weighted by Crippen LogP contribution is 2.39. The highest BCUT2D eigenvalue weighted by atomic mass is 32.1. The van der Waals surface area contributed by atoms with Gasteiger partial charge in [-0.15, -0.1) is 11.3 Å². The van der Waals surface area contributed by atoms with E-state index >= 15 is 0 Å². The fourth-order valence-electron chi connectivity index (χ4n) is 3.92. The van der Waals surface area contributed by atoms with Crippen LogP contribution in [0, 0.1) is 26.7 Å². The minimum Gasteiger partial charge on any atom is -0.365 e. The van der Waals surface area contributed by atoms with Gasteiger partial charge < -0.3 is 11.1 Å². The third-order valence-corrected chi connectivity index (χ3v) is 6.36. The second kappa shape index (κ2) is 7.23. The Morgan fingerprint density at radius 2 is 1.88 bits per heavy atom. The van der Waals surface area contributed by atoms with E-state index in [-0.39, 0.29) is 5.91 Å². The maximum Gasteiger partial charge on any atom is 0.251 e. The fourth-order valence-corrected chi connectivity index (χ4v) is 5.35. The van der Waals surface area contributed by atoms with Crippen LogP contribution in [-0.4, -0.2) is 11.8 Å². The number of fused-ring (bicyclic) bond motifs is 1. The van der Waals surface area contributed by atoms with Crippen molar-refractivity contribution in [3.8, 4) is 0 Å². The number of primary amides is 1. The molecular weight excluding hydrogens is 344 g/mol. The Kier molecular flexibility index (Phi) is 5.19. The van der Waals surface area contributed by atoms with Crippen LogP contribution in [0.4, 0.5) is 5.00 Å².